The second-order valence-electron chi connectivity index (χ2n) is 7.70. The maximum Gasteiger partial charge on any atom is 0.338 e. The number of fused-ring (bicyclic) bond motifs is 1. The predicted octanol–water partition coefficient (Wildman–Crippen LogP) is 3.38. The van der Waals surface area contributed by atoms with Crippen molar-refractivity contribution in [2.45, 2.75) is 33.2 Å². The number of carbonyl (C=O) groups excluding carboxylic acids is 2. The molecule has 164 valence electrons. The number of amides is 1. The minimum Gasteiger partial charge on any atom is -0.463 e. The van der Waals surface area contributed by atoms with Crippen molar-refractivity contribution >= 4 is 28.8 Å². The Hall–Kier alpha value is -2.58. The lowest BCUT2D eigenvalue weighted by Crippen LogP contribution is -2.42. The number of benzene rings is 1. The van der Waals surface area contributed by atoms with E-state index in [0.717, 1.165) is 22.0 Å². The number of hydrogen-bond donors (Lipinski definition) is 0. The van der Waals surface area contributed by atoms with E-state index in [-0.39, 0.29) is 24.3 Å². The lowest BCUT2D eigenvalue weighted by molar-refractivity contribution is -0.139. The molecule has 0 aromatic heterocycles. The number of hydrogen-bond acceptors (Lipinski definition) is 7. The first-order valence-electron chi connectivity index (χ1n) is 10.5. The van der Waals surface area contributed by atoms with E-state index in [1.165, 1.54) is 11.8 Å². The van der Waals surface area contributed by atoms with Crippen molar-refractivity contribution in [2.75, 3.05) is 32.9 Å². The first-order chi connectivity index (χ1) is 15.0. The minimum atomic E-state index is -0.384. The minimum absolute atomic E-state index is 0.0587. The fourth-order valence-electron chi connectivity index (χ4n) is 4.07. The van der Waals surface area contributed by atoms with Crippen LogP contribution < -0.4 is 0 Å². The number of amidine groups is 1. The van der Waals surface area contributed by atoms with Gasteiger partial charge in [-0.05, 0) is 31.7 Å². The summed E-state index contributed by atoms with van der Waals surface area (Å²) in [5.74, 6) is -0.312. The molecule has 1 unspecified atom stereocenters. The molecule has 1 aromatic carbocycles. The Kier molecular flexibility index (Phi) is 6.48. The highest BCUT2D eigenvalue weighted by molar-refractivity contribution is 8.16. The zero-order chi connectivity index (χ0) is 22.0. The molecule has 1 atom stereocenters. The van der Waals surface area contributed by atoms with Crippen molar-refractivity contribution in [3.63, 3.8) is 0 Å². The summed E-state index contributed by atoms with van der Waals surface area (Å²) in [4.78, 5) is 34.5. The van der Waals surface area contributed by atoms with Gasteiger partial charge in [0.25, 0.3) is 0 Å². The van der Waals surface area contributed by atoms with Crippen molar-refractivity contribution in [1.29, 1.82) is 0 Å². The molecule has 31 heavy (non-hydrogen) atoms. The van der Waals surface area contributed by atoms with E-state index in [4.69, 9.17) is 9.47 Å². The summed E-state index contributed by atoms with van der Waals surface area (Å²) in [7, 11) is 0. The predicted molar refractivity (Wildman–Crippen MR) is 120 cm³/mol. The highest BCUT2D eigenvalue weighted by Gasteiger charge is 2.41. The van der Waals surface area contributed by atoms with Crippen molar-refractivity contribution in [3.05, 3.63) is 57.8 Å². The topological polar surface area (TPSA) is 71.4 Å². The third-order valence-corrected chi connectivity index (χ3v) is 6.44. The van der Waals surface area contributed by atoms with Crippen molar-refractivity contribution in [2.24, 2.45) is 4.99 Å². The molecule has 1 amide bonds. The summed E-state index contributed by atoms with van der Waals surface area (Å²) in [6.07, 6.45) is 0.253. The maximum absolute atomic E-state index is 13.0. The Labute approximate surface area is 186 Å². The number of rotatable bonds is 5. The number of aryl methyl sites for hydroxylation is 1. The van der Waals surface area contributed by atoms with Crippen LogP contribution in [0.15, 0.2) is 51.6 Å². The monoisotopic (exact) mass is 441 g/mol. The summed E-state index contributed by atoms with van der Waals surface area (Å²) in [6, 6.07) is 7.71. The number of morpholine rings is 1. The molecule has 7 nitrogen and oxygen atoms in total. The molecule has 3 heterocycles. The van der Waals surface area contributed by atoms with E-state index in [1.54, 1.807) is 6.92 Å². The number of ether oxygens (including phenoxy) is 2. The average Bonchev–Trinajstić information content (AvgIpc) is 3.15. The molecule has 0 bridgehead atoms. The Morgan fingerprint density at radius 1 is 1.26 bits per heavy atom. The second-order valence-corrected chi connectivity index (χ2v) is 8.53. The van der Waals surface area contributed by atoms with Gasteiger partial charge in [0, 0.05) is 18.8 Å². The normalized spacial score (nSPS) is 20.9. The van der Waals surface area contributed by atoms with Gasteiger partial charge in [0.1, 0.15) is 0 Å². The SMILES string of the molecule is CCOC(=O)C1=C(C)N=C2SC=C(CC(=O)N3CCOCC3)N2C1c1cccc(C)c1. The Morgan fingerprint density at radius 2 is 2.03 bits per heavy atom. The van der Waals surface area contributed by atoms with Gasteiger partial charge in [-0.3, -0.25) is 4.79 Å². The summed E-state index contributed by atoms with van der Waals surface area (Å²) in [5.41, 5.74) is 4.09. The molecule has 3 aliphatic rings. The third kappa shape index (κ3) is 4.41. The molecule has 1 saturated heterocycles. The molecular formula is C23H27N3O4S. The van der Waals surface area contributed by atoms with Gasteiger partial charge in [0.05, 0.1) is 43.6 Å². The van der Waals surface area contributed by atoms with Crippen LogP contribution in [0.1, 0.15) is 37.4 Å². The summed E-state index contributed by atoms with van der Waals surface area (Å²) in [5, 5.41) is 2.75. The standard InChI is InChI=1S/C23H27N3O4S/c1-4-30-22(28)20-16(3)24-23-26(21(20)17-7-5-6-15(2)12-17)18(14-31-23)13-19(27)25-8-10-29-11-9-25/h5-7,12,14,21H,4,8-11,13H2,1-3H3. The third-order valence-electron chi connectivity index (χ3n) is 5.55. The molecule has 3 aliphatic heterocycles. The molecule has 0 radical (unpaired) electrons. The first-order valence-corrected chi connectivity index (χ1v) is 11.4. The zero-order valence-electron chi connectivity index (χ0n) is 18.1. The van der Waals surface area contributed by atoms with Gasteiger partial charge < -0.3 is 19.3 Å². The van der Waals surface area contributed by atoms with Crippen molar-refractivity contribution in [1.82, 2.24) is 9.80 Å². The van der Waals surface area contributed by atoms with Crippen molar-refractivity contribution < 1.29 is 19.1 Å². The van der Waals surface area contributed by atoms with Crippen LogP contribution in [0.4, 0.5) is 0 Å². The molecular weight excluding hydrogens is 414 g/mol. The van der Waals surface area contributed by atoms with Gasteiger partial charge in [-0.15, -0.1) is 0 Å². The quantitative estimate of drug-likeness (QED) is 0.653. The smallest absolute Gasteiger partial charge is 0.338 e. The van der Waals surface area contributed by atoms with Crippen LogP contribution in [-0.2, 0) is 19.1 Å². The molecule has 8 heteroatoms. The van der Waals surface area contributed by atoms with E-state index in [0.29, 0.717) is 44.2 Å². The van der Waals surface area contributed by atoms with E-state index >= 15 is 0 Å². The number of esters is 1. The van der Waals surface area contributed by atoms with Crippen molar-refractivity contribution in [3.8, 4) is 0 Å². The van der Waals surface area contributed by atoms with Crippen LogP contribution in [0, 0.1) is 6.92 Å². The van der Waals surface area contributed by atoms with Crippen LogP contribution >= 0.6 is 11.8 Å². The average molecular weight is 442 g/mol. The number of aliphatic imine (C=N–C) groups is 1. The van der Waals surface area contributed by atoms with E-state index in [1.807, 2.05) is 47.3 Å². The van der Waals surface area contributed by atoms with Crippen LogP contribution in [0.5, 0.6) is 0 Å². The Morgan fingerprint density at radius 3 is 2.74 bits per heavy atom. The van der Waals surface area contributed by atoms with Gasteiger partial charge in [0.2, 0.25) is 5.91 Å². The fraction of sp³-hybridized carbons (Fsp3) is 0.435. The number of carbonyl (C=O) groups is 2. The van der Waals surface area contributed by atoms with Crippen LogP contribution in [-0.4, -0.2) is 59.8 Å². The maximum atomic E-state index is 13.0. The van der Waals surface area contributed by atoms with Gasteiger partial charge in [-0.25, -0.2) is 9.79 Å². The number of allylic oxidation sites excluding steroid dienone is 1. The summed E-state index contributed by atoms with van der Waals surface area (Å²) >= 11 is 1.49. The molecule has 0 N–H and O–H groups in total. The summed E-state index contributed by atoms with van der Waals surface area (Å²) < 4.78 is 10.8. The van der Waals surface area contributed by atoms with Gasteiger partial charge in [0.15, 0.2) is 5.17 Å². The van der Waals surface area contributed by atoms with E-state index in [9.17, 15) is 9.59 Å². The van der Waals surface area contributed by atoms with Crippen LogP contribution in [0.2, 0.25) is 0 Å². The molecule has 0 saturated carbocycles. The second kappa shape index (κ2) is 9.28. The fourth-order valence-corrected chi connectivity index (χ4v) is 5.04. The molecule has 1 fully saturated rings. The van der Waals surface area contributed by atoms with E-state index < -0.39 is 0 Å². The van der Waals surface area contributed by atoms with Gasteiger partial charge in [-0.1, -0.05) is 41.6 Å². The number of nitrogens with zero attached hydrogens (tertiary/aromatic N) is 3. The first kappa shape index (κ1) is 21.6. The summed E-state index contributed by atoms with van der Waals surface area (Å²) in [6.45, 7) is 8.30. The highest BCUT2D eigenvalue weighted by atomic mass is 32.2. The lowest BCUT2D eigenvalue weighted by atomic mass is 9.93. The zero-order valence-corrected chi connectivity index (χ0v) is 18.9. The van der Waals surface area contributed by atoms with E-state index in [2.05, 4.69) is 11.1 Å². The Balaban J connectivity index is 1.69. The molecule has 0 aliphatic carbocycles. The van der Waals surface area contributed by atoms with Crippen LogP contribution in [0.3, 0.4) is 0 Å². The van der Waals surface area contributed by atoms with Crippen LogP contribution in [0.25, 0.3) is 0 Å². The molecule has 1 aromatic rings. The molecule has 4 rings (SSSR count). The number of thioether (sulfide) groups is 1. The highest BCUT2D eigenvalue weighted by Crippen LogP contribution is 2.45. The Bertz CT molecular complexity index is 979. The molecule has 0 spiro atoms. The lowest BCUT2D eigenvalue weighted by Gasteiger charge is -2.37. The van der Waals surface area contributed by atoms with Gasteiger partial charge in [-0.2, -0.15) is 0 Å². The van der Waals surface area contributed by atoms with Gasteiger partial charge >= 0.3 is 5.97 Å². The largest absolute Gasteiger partial charge is 0.463 e.